The van der Waals surface area contributed by atoms with Crippen LogP contribution in [-0.2, 0) is 21.4 Å². The standard InChI is InChI=1S/C31H32O8/c1-17(33)37-15-23-21-6-7-22-27-19(11-20(34)13-26(27)38-16-32)14-31(9-3-4-10-31)28(22)30(21)39-29(23)18-5-8-24(35)25(12-18)36-2/h5-8,11-13,23,29,32,34-35H,3-4,9-10,14-16H2,1-2H3. The molecule has 1 fully saturated rings. The second-order valence-corrected chi connectivity index (χ2v) is 10.7. The molecule has 0 saturated heterocycles. The molecule has 0 amide bonds. The van der Waals surface area contributed by atoms with Gasteiger partial charge in [-0.1, -0.05) is 31.0 Å². The van der Waals surface area contributed by atoms with Gasteiger partial charge in [-0.25, -0.2) is 0 Å². The zero-order chi connectivity index (χ0) is 27.3. The Morgan fingerprint density at radius 3 is 2.59 bits per heavy atom. The van der Waals surface area contributed by atoms with Crippen LogP contribution in [0.25, 0.3) is 11.1 Å². The van der Waals surface area contributed by atoms with E-state index in [1.165, 1.54) is 20.1 Å². The third-order valence-corrected chi connectivity index (χ3v) is 8.47. The van der Waals surface area contributed by atoms with Crippen molar-refractivity contribution in [3.63, 3.8) is 0 Å². The van der Waals surface area contributed by atoms with Crippen molar-refractivity contribution in [3.8, 4) is 39.9 Å². The van der Waals surface area contributed by atoms with Gasteiger partial charge in [-0.15, -0.1) is 0 Å². The summed E-state index contributed by atoms with van der Waals surface area (Å²) in [4.78, 5) is 11.8. The molecule has 0 bridgehead atoms. The first-order valence-electron chi connectivity index (χ1n) is 13.3. The molecule has 1 aliphatic heterocycles. The predicted molar refractivity (Wildman–Crippen MR) is 143 cm³/mol. The van der Waals surface area contributed by atoms with Gasteiger partial charge in [-0.2, -0.15) is 0 Å². The maximum Gasteiger partial charge on any atom is 0.302 e. The van der Waals surface area contributed by atoms with Crippen molar-refractivity contribution >= 4 is 5.97 Å². The van der Waals surface area contributed by atoms with E-state index in [2.05, 4.69) is 6.07 Å². The van der Waals surface area contributed by atoms with E-state index < -0.39 is 12.9 Å². The molecule has 6 rings (SSSR count). The lowest BCUT2D eigenvalue weighted by molar-refractivity contribution is -0.141. The molecule has 2 unspecified atom stereocenters. The molecule has 39 heavy (non-hydrogen) atoms. The van der Waals surface area contributed by atoms with Gasteiger partial charge < -0.3 is 34.3 Å². The Bertz CT molecular complexity index is 1440. The number of esters is 1. The zero-order valence-corrected chi connectivity index (χ0v) is 22.0. The summed E-state index contributed by atoms with van der Waals surface area (Å²) in [6, 6.07) is 12.6. The van der Waals surface area contributed by atoms with Crippen molar-refractivity contribution < 1.29 is 39.1 Å². The van der Waals surface area contributed by atoms with Gasteiger partial charge in [0.05, 0.1) is 13.0 Å². The van der Waals surface area contributed by atoms with Crippen LogP contribution < -0.4 is 14.2 Å². The number of benzene rings is 3. The number of ether oxygens (including phenoxy) is 4. The molecule has 3 aromatic rings. The van der Waals surface area contributed by atoms with Gasteiger partial charge in [-0.05, 0) is 54.2 Å². The van der Waals surface area contributed by atoms with Crippen LogP contribution in [0.4, 0.5) is 0 Å². The predicted octanol–water partition coefficient (Wildman–Crippen LogP) is 5.25. The van der Waals surface area contributed by atoms with Gasteiger partial charge >= 0.3 is 5.97 Å². The van der Waals surface area contributed by atoms with Gasteiger partial charge in [0.2, 0.25) is 0 Å². The van der Waals surface area contributed by atoms with Gasteiger partial charge in [0.1, 0.15) is 30.0 Å². The molecule has 2 atom stereocenters. The first-order valence-corrected chi connectivity index (χ1v) is 13.3. The number of phenols is 2. The minimum Gasteiger partial charge on any atom is -0.508 e. The van der Waals surface area contributed by atoms with E-state index in [-0.39, 0.29) is 35.4 Å². The normalized spacial score (nSPS) is 20.1. The summed E-state index contributed by atoms with van der Waals surface area (Å²) in [5.74, 6) is 1.06. The molecule has 0 aromatic heterocycles. The van der Waals surface area contributed by atoms with Crippen LogP contribution in [-0.4, -0.2) is 41.8 Å². The fraction of sp³-hybridized carbons (Fsp3) is 0.387. The fourth-order valence-electron chi connectivity index (χ4n) is 6.90. The van der Waals surface area contributed by atoms with Crippen molar-refractivity contribution in [1.29, 1.82) is 0 Å². The van der Waals surface area contributed by atoms with Gasteiger partial charge in [-0.3, -0.25) is 4.79 Å². The van der Waals surface area contributed by atoms with E-state index in [0.717, 1.165) is 71.2 Å². The zero-order valence-electron chi connectivity index (χ0n) is 22.0. The maximum atomic E-state index is 11.8. The number of hydrogen-bond donors (Lipinski definition) is 3. The third kappa shape index (κ3) is 4.14. The van der Waals surface area contributed by atoms with Crippen LogP contribution in [0.15, 0.2) is 42.5 Å². The average molecular weight is 533 g/mol. The summed E-state index contributed by atoms with van der Waals surface area (Å²) in [5.41, 5.74) is 5.51. The molecule has 0 radical (unpaired) electrons. The number of aliphatic hydroxyl groups excluding tert-OH is 1. The third-order valence-electron chi connectivity index (χ3n) is 8.47. The highest BCUT2D eigenvalue weighted by atomic mass is 16.6. The molecule has 3 aliphatic rings. The summed E-state index contributed by atoms with van der Waals surface area (Å²) in [6.45, 7) is 1.03. The largest absolute Gasteiger partial charge is 0.508 e. The molecule has 2 aliphatic carbocycles. The van der Waals surface area contributed by atoms with Crippen molar-refractivity contribution in [2.45, 2.75) is 56.5 Å². The smallest absolute Gasteiger partial charge is 0.302 e. The van der Waals surface area contributed by atoms with Crippen LogP contribution in [0, 0.1) is 0 Å². The molecular weight excluding hydrogens is 500 g/mol. The number of rotatable bonds is 6. The first kappa shape index (κ1) is 25.4. The number of hydrogen-bond acceptors (Lipinski definition) is 8. The summed E-state index contributed by atoms with van der Waals surface area (Å²) in [5, 5.41) is 30.2. The molecule has 3 aromatic carbocycles. The van der Waals surface area contributed by atoms with E-state index in [1.54, 1.807) is 24.3 Å². The Balaban J connectivity index is 1.55. The highest BCUT2D eigenvalue weighted by molar-refractivity contribution is 5.84. The minimum absolute atomic E-state index is 0.0341. The molecule has 1 spiro atoms. The summed E-state index contributed by atoms with van der Waals surface area (Å²) in [6.07, 6.45) is 4.40. The van der Waals surface area contributed by atoms with Crippen LogP contribution >= 0.6 is 0 Å². The summed E-state index contributed by atoms with van der Waals surface area (Å²) in [7, 11) is 1.50. The van der Waals surface area contributed by atoms with E-state index in [0.29, 0.717) is 11.5 Å². The molecule has 1 heterocycles. The van der Waals surface area contributed by atoms with Crippen molar-refractivity contribution in [1.82, 2.24) is 0 Å². The molecular formula is C31H32O8. The van der Waals surface area contributed by atoms with Crippen LogP contribution in [0.2, 0.25) is 0 Å². The lowest BCUT2D eigenvalue weighted by atomic mass is 9.65. The van der Waals surface area contributed by atoms with Gasteiger partial charge in [0.25, 0.3) is 0 Å². The van der Waals surface area contributed by atoms with E-state index >= 15 is 0 Å². The van der Waals surface area contributed by atoms with Gasteiger partial charge in [0.15, 0.2) is 18.3 Å². The maximum absolute atomic E-state index is 11.8. The summed E-state index contributed by atoms with van der Waals surface area (Å²) < 4.78 is 23.3. The number of carbonyl (C=O) groups is 1. The SMILES string of the molecule is COc1cc(C2Oc3c(ccc4c3C3(CCCC3)Cc3cc(O)cc(OCO)c3-4)C2COC(C)=O)ccc1O. The Morgan fingerprint density at radius 1 is 1.08 bits per heavy atom. The summed E-state index contributed by atoms with van der Waals surface area (Å²) >= 11 is 0. The second kappa shape index (κ2) is 9.68. The fourth-order valence-corrected chi connectivity index (χ4v) is 6.90. The van der Waals surface area contributed by atoms with Crippen LogP contribution in [0.3, 0.4) is 0 Å². The van der Waals surface area contributed by atoms with E-state index in [4.69, 9.17) is 18.9 Å². The van der Waals surface area contributed by atoms with E-state index in [1.807, 2.05) is 6.07 Å². The Labute approximate surface area is 226 Å². The number of aliphatic hydroxyl groups is 1. The number of methoxy groups -OCH3 is 1. The minimum atomic E-state index is -0.507. The van der Waals surface area contributed by atoms with Crippen molar-refractivity contribution in [3.05, 3.63) is 64.7 Å². The molecule has 3 N–H and O–H groups in total. The molecule has 8 nitrogen and oxygen atoms in total. The molecule has 1 saturated carbocycles. The lowest BCUT2D eigenvalue weighted by Crippen LogP contribution is -2.30. The number of fused-ring (bicyclic) bond motifs is 6. The van der Waals surface area contributed by atoms with Crippen LogP contribution in [0.5, 0.6) is 28.7 Å². The monoisotopic (exact) mass is 532 g/mol. The van der Waals surface area contributed by atoms with Gasteiger partial charge in [0, 0.05) is 35.1 Å². The topological polar surface area (TPSA) is 115 Å². The Morgan fingerprint density at radius 2 is 1.87 bits per heavy atom. The number of phenolic OH excluding ortho intramolecular Hbond substituents is 2. The van der Waals surface area contributed by atoms with Crippen LogP contribution in [0.1, 0.15) is 66.9 Å². The van der Waals surface area contributed by atoms with Crippen molar-refractivity contribution in [2.75, 3.05) is 20.5 Å². The first-order chi connectivity index (χ1) is 18.8. The molecule has 8 heteroatoms. The second-order valence-electron chi connectivity index (χ2n) is 10.7. The highest BCUT2D eigenvalue weighted by Crippen LogP contribution is 2.61. The Hall–Kier alpha value is -3.91. The number of carbonyl (C=O) groups excluding carboxylic acids is 1. The quantitative estimate of drug-likeness (QED) is 0.291. The van der Waals surface area contributed by atoms with Crippen molar-refractivity contribution in [2.24, 2.45) is 0 Å². The van der Waals surface area contributed by atoms with E-state index in [9.17, 15) is 20.1 Å². The highest BCUT2D eigenvalue weighted by Gasteiger charge is 2.48. The molecule has 204 valence electrons. The Kier molecular flexibility index (Phi) is 6.30. The average Bonchev–Trinajstić information content (AvgIpc) is 3.52. The lowest BCUT2D eigenvalue weighted by Gasteiger charge is -2.39. The number of aromatic hydroxyl groups is 2.